The normalized spacial score (nSPS) is 18.4. The van der Waals surface area contributed by atoms with Gasteiger partial charge in [-0.3, -0.25) is 4.79 Å². The Morgan fingerprint density at radius 3 is 2.91 bits per heavy atom. The first-order chi connectivity index (χ1) is 11.1. The molecule has 23 heavy (non-hydrogen) atoms. The third-order valence-electron chi connectivity index (χ3n) is 4.43. The van der Waals surface area contributed by atoms with Crippen LogP contribution >= 0.6 is 0 Å². The molecular formula is C17H23N5O. The highest BCUT2D eigenvalue weighted by Gasteiger charge is 2.28. The summed E-state index contributed by atoms with van der Waals surface area (Å²) in [7, 11) is 0. The minimum Gasteiger partial charge on any atom is -0.336 e. The summed E-state index contributed by atoms with van der Waals surface area (Å²) < 4.78 is 2.23. The maximum atomic E-state index is 12.8. The van der Waals surface area contributed by atoms with E-state index in [2.05, 4.69) is 33.4 Å². The van der Waals surface area contributed by atoms with Crippen molar-refractivity contribution in [2.45, 2.75) is 45.6 Å². The Kier molecular flexibility index (Phi) is 4.41. The molecule has 3 heterocycles. The Balaban J connectivity index is 1.80. The Morgan fingerprint density at radius 1 is 1.35 bits per heavy atom. The lowest BCUT2D eigenvalue weighted by molar-refractivity contribution is 0.0676. The van der Waals surface area contributed by atoms with Gasteiger partial charge in [-0.05, 0) is 19.8 Å². The topological polar surface area (TPSA) is 63.9 Å². The van der Waals surface area contributed by atoms with Crippen molar-refractivity contribution in [3.8, 4) is 0 Å². The zero-order valence-corrected chi connectivity index (χ0v) is 13.9. The minimum atomic E-state index is 0.0269. The van der Waals surface area contributed by atoms with Crippen LogP contribution in [0.2, 0.25) is 0 Å². The first-order valence-corrected chi connectivity index (χ1v) is 8.16. The molecule has 1 fully saturated rings. The minimum absolute atomic E-state index is 0.0269. The zero-order chi connectivity index (χ0) is 16.4. The smallest absolute Gasteiger partial charge is 0.257 e. The molecule has 2 aromatic rings. The number of imidazole rings is 1. The second-order valence-electron chi connectivity index (χ2n) is 6.42. The van der Waals surface area contributed by atoms with Crippen molar-refractivity contribution >= 4 is 5.91 Å². The molecule has 6 nitrogen and oxygen atoms in total. The van der Waals surface area contributed by atoms with Crippen LogP contribution in [0.3, 0.4) is 0 Å². The fourth-order valence-electron chi connectivity index (χ4n) is 3.22. The number of amides is 1. The van der Waals surface area contributed by atoms with Crippen LogP contribution in [0.15, 0.2) is 24.9 Å². The van der Waals surface area contributed by atoms with E-state index < -0.39 is 0 Å². The van der Waals surface area contributed by atoms with Crippen LogP contribution in [-0.2, 0) is 0 Å². The van der Waals surface area contributed by atoms with Gasteiger partial charge in [0.15, 0.2) is 0 Å². The molecule has 1 unspecified atom stereocenters. The van der Waals surface area contributed by atoms with Gasteiger partial charge in [0.25, 0.3) is 5.91 Å². The third kappa shape index (κ3) is 3.11. The van der Waals surface area contributed by atoms with Crippen molar-refractivity contribution in [1.82, 2.24) is 24.4 Å². The highest BCUT2D eigenvalue weighted by atomic mass is 16.2. The molecule has 0 bridgehead atoms. The molecule has 1 amide bonds. The lowest BCUT2D eigenvalue weighted by Gasteiger charge is -2.34. The van der Waals surface area contributed by atoms with Crippen molar-refractivity contribution in [2.24, 2.45) is 0 Å². The van der Waals surface area contributed by atoms with E-state index in [9.17, 15) is 4.79 Å². The standard InChI is InChI=1S/C17H23N5O/c1-12(2)16-19-6-8-22(16)14-5-4-7-21(10-14)17(23)15-9-18-11-20-13(15)3/h6,8-9,11-12,14H,4-5,7,10H2,1-3H3. The first kappa shape index (κ1) is 15.6. The highest BCUT2D eigenvalue weighted by Crippen LogP contribution is 2.26. The number of hydrogen-bond acceptors (Lipinski definition) is 4. The largest absolute Gasteiger partial charge is 0.336 e. The average Bonchev–Trinajstić information content (AvgIpc) is 3.05. The first-order valence-electron chi connectivity index (χ1n) is 8.16. The van der Waals surface area contributed by atoms with Gasteiger partial charge in [-0.1, -0.05) is 13.8 Å². The molecule has 0 radical (unpaired) electrons. The number of carbonyl (C=O) groups excluding carboxylic acids is 1. The fourth-order valence-corrected chi connectivity index (χ4v) is 3.22. The van der Waals surface area contributed by atoms with E-state index in [1.54, 1.807) is 6.20 Å². The van der Waals surface area contributed by atoms with E-state index >= 15 is 0 Å². The molecule has 122 valence electrons. The number of rotatable bonds is 3. The summed E-state index contributed by atoms with van der Waals surface area (Å²) in [6.45, 7) is 7.65. The van der Waals surface area contributed by atoms with Gasteiger partial charge in [0, 0.05) is 37.6 Å². The van der Waals surface area contributed by atoms with E-state index in [-0.39, 0.29) is 11.9 Å². The molecule has 0 aliphatic carbocycles. The number of aromatic nitrogens is 4. The van der Waals surface area contributed by atoms with E-state index in [4.69, 9.17) is 0 Å². The van der Waals surface area contributed by atoms with Crippen LogP contribution in [0.4, 0.5) is 0 Å². The van der Waals surface area contributed by atoms with E-state index in [1.807, 2.05) is 24.2 Å². The van der Waals surface area contributed by atoms with E-state index in [0.29, 0.717) is 18.0 Å². The van der Waals surface area contributed by atoms with Gasteiger partial charge in [0.05, 0.1) is 17.3 Å². The number of nitrogens with zero attached hydrogens (tertiary/aromatic N) is 5. The Morgan fingerprint density at radius 2 is 2.17 bits per heavy atom. The predicted molar refractivity (Wildman–Crippen MR) is 87.3 cm³/mol. The van der Waals surface area contributed by atoms with Crippen LogP contribution in [0.1, 0.15) is 60.5 Å². The van der Waals surface area contributed by atoms with Crippen molar-refractivity contribution in [1.29, 1.82) is 0 Å². The second kappa shape index (κ2) is 6.48. The van der Waals surface area contributed by atoms with E-state index in [0.717, 1.165) is 30.9 Å². The molecule has 2 aromatic heterocycles. The van der Waals surface area contributed by atoms with Crippen LogP contribution in [0, 0.1) is 6.92 Å². The zero-order valence-electron chi connectivity index (χ0n) is 13.9. The molecule has 1 aliphatic heterocycles. The molecule has 1 atom stereocenters. The molecule has 0 saturated carbocycles. The molecule has 0 aromatic carbocycles. The molecule has 1 aliphatic rings. The van der Waals surface area contributed by atoms with Gasteiger partial charge in [-0.25, -0.2) is 15.0 Å². The Labute approximate surface area is 136 Å². The summed E-state index contributed by atoms with van der Waals surface area (Å²) >= 11 is 0. The molecular weight excluding hydrogens is 290 g/mol. The third-order valence-corrected chi connectivity index (χ3v) is 4.43. The highest BCUT2D eigenvalue weighted by molar-refractivity contribution is 5.94. The Hall–Kier alpha value is -2.24. The quantitative estimate of drug-likeness (QED) is 0.873. The van der Waals surface area contributed by atoms with Gasteiger partial charge in [0.1, 0.15) is 12.2 Å². The summed E-state index contributed by atoms with van der Waals surface area (Å²) in [5.41, 5.74) is 1.33. The number of aryl methyl sites for hydroxylation is 1. The van der Waals surface area contributed by atoms with Crippen molar-refractivity contribution < 1.29 is 4.79 Å². The van der Waals surface area contributed by atoms with Crippen LogP contribution in [0.5, 0.6) is 0 Å². The van der Waals surface area contributed by atoms with Crippen molar-refractivity contribution in [3.63, 3.8) is 0 Å². The fraction of sp³-hybridized carbons (Fsp3) is 0.529. The van der Waals surface area contributed by atoms with Gasteiger partial charge < -0.3 is 9.47 Å². The molecule has 0 spiro atoms. The maximum absolute atomic E-state index is 12.8. The molecule has 3 rings (SSSR count). The van der Waals surface area contributed by atoms with Crippen LogP contribution < -0.4 is 0 Å². The maximum Gasteiger partial charge on any atom is 0.257 e. The number of likely N-dealkylation sites (tertiary alicyclic amines) is 1. The van der Waals surface area contributed by atoms with Crippen LogP contribution in [0.25, 0.3) is 0 Å². The Bertz CT molecular complexity index is 694. The average molecular weight is 313 g/mol. The summed E-state index contributed by atoms with van der Waals surface area (Å²) in [4.78, 5) is 27.3. The van der Waals surface area contributed by atoms with Crippen molar-refractivity contribution in [2.75, 3.05) is 13.1 Å². The van der Waals surface area contributed by atoms with Gasteiger partial charge in [-0.15, -0.1) is 0 Å². The monoisotopic (exact) mass is 313 g/mol. The van der Waals surface area contributed by atoms with Gasteiger partial charge >= 0.3 is 0 Å². The number of hydrogen-bond donors (Lipinski definition) is 0. The molecule has 0 N–H and O–H groups in total. The molecule has 1 saturated heterocycles. The van der Waals surface area contributed by atoms with Gasteiger partial charge in [0.2, 0.25) is 0 Å². The molecule has 6 heteroatoms. The second-order valence-corrected chi connectivity index (χ2v) is 6.42. The predicted octanol–water partition coefficient (Wildman–Crippen LogP) is 2.58. The number of piperidine rings is 1. The lowest BCUT2D eigenvalue weighted by Crippen LogP contribution is -2.41. The van der Waals surface area contributed by atoms with E-state index in [1.165, 1.54) is 6.33 Å². The number of carbonyl (C=O) groups is 1. The van der Waals surface area contributed by atoms with Gasteiger partial charge in [-0.2, -0.15) is 0 Å². The van der Waals surface area contributed by atoms with Crippen LogP contribution in [-0.4, -0.2) is 43.4 Å². The SMILES string of the molecule is Cc1ncncc1C(=O)N1CCCC(n2ccnc2C(C)C)C1. The lowest BCUT2D eigenvalue weighted by atomic mass is 10.0. The summed E-state index contributed by atoms with van der Waals surface area (Å²) in [6.07, 6.45) is 9.05. The summed E-state index contributed by atoms with van der Waals surface area (Å²) in [5, 5.41) is 0. The summed E-state index contributed by atoms with van der Waals surface area (Å²) in [6, 6.07) is 0.289. The summed E-state index contributed by atoms with van der Waals surface area (Å²) in [5.74, 6) is 1.49. The van der Waals surface area contributed by atoms with Crippen molar-refractivity contribution in [3.05, 3.63) is 42.0 Å².